The van der Waals surface area contributed by atoms with Gasteiger partial charge < -0.3 is 21.5 Å². The molecule has 0 spiro atoms. The van der Waals surface area contributed by atoms with E-state index in [-0.39, 0.29) is 40.0 Å². The van der Waals surface area contributed by atoms with Crippen LogP contribution < -0.4 is 16.4 Å². The zero-order valence-electron chi connectivity index (χ0n) is 19.7. The Morgan fingerprint density at radius 3 is 2.20 bits per heavy atom. The number of nitrogens with zero attached hydrogens (tertiary/aromatic N) is 1. The van der Waals surface area contributed by atoms with Gasteiger partial charge in [0.15, 0.2) is 0 Å². The van der Waals surface area contributed by atoms with Crippen molar-refractivity contribution in [3.8, 4) is 11.1 Å². The fourth-order valence-corrected chi connectivity index (χ4v) is 3.37. The summed E-state index contributed by atoms with van der Waals surface area (Å²) < 4.78 is 0. The highest BCUT2D eigenvalue weighted by molar-refractivity contribution is 6.10. The molecule has 180 valence electrons. The molecule has 0 aliphatic heterocycles. The molecule has 0 aliphatic rings. The maximum atomic E-state index is 13.1. The minimum atomic E-state index is -1.23. The summed E-state index contributed by atoms with van der Waals surface area (Å²) in [6.07, 6.45) is 0. The van der Waals surface area contributed by atoms with Crippen LogP contribution in [-0.2, 0) is 0 Å². The molecular formula is C26H27N5O4. The number of nitrogen functional groups attached to an aromatic ring is 1. The maximum absolute atomic E-state index is 13.1. The summed E-state index contributed by atoms with van der Waals surface area (Å²) in [5.74, 6) is -1.98. The summed E-state index contributed by atoms with van der Waals surface area (Å²) in [7, 11) is 0. The number of anilines is 1. The van der Waals surface area contributed by atoms with E-state index in [1.54, 1.807) is 43.3 Å². The molecule has 0 saturated carbocycles. The topological polar surface area (TPSA) is 158 Å². The van der Waals surface area contributed by atoms with Gasteiger partial charge in [0, 0.05) is 34.6 Å². The first-order valence-corrected chi connectivity index (χ1v) is 11.0. The first kappa shape index (κ1) is 25.1. The summed E-state index contributed by atoms with van der Waals surface area (Å²) in [5, 5.41) is 22.8. The van der Waals surface area contributed by atoms with Crippen LogP contribution in [-0.4, -0.2) is 40.3 Å². The lowest BCUT2D eigenvalue weighted by atomic mass is 9.95. The van der Waals surface area contributed by atoms with Crippen molar-refractivity contribution in [3.05, 3.63) is 82.7 Å². The molecule has 0 fully saturated rings. The number of aromatic carboxylic acids is 1. The largest absolute Gasteiger partial charge is 0.478 e. The van der Waals surface area contributed by atoms with Crippen LogP contribution in [0.15, 0.2) is 54.6 Å². The summed E-state index contributed by atoms with van der Waals surface area (Å²) in [4.78, 5) is 42.0. The molecule has 9 heteroatoms. The zero-order valence-corrected chi connectivity index (χ0v) is 19.7. The predicted octanol–water partition coefficient (Wildman–Crippen LogP) is 3.68. The van der Waals surface area contributed by atoms with Crippen molar-refractivity contribution < 1.29 is 19.5 Å². The summed E-state index contributed by atoms with van der Waals surface area (Å²) >= 11 is 0. The second-order valence-electron chi connectivity index (χ2n) is 8.46. The zero-order chi connectivity index (χ0) is 25.7. The Morgan fingerprint density at radius 1 is 0.971 bits per heavy atom. The van der Waals surface area contributed by atoms with Crippen LogP contribution in [0.3, 0.4) is 0 Å². The van der Waals surface area contributed by atoms with Crippen molar-refractivity contribution in [1.82, 2.24) is 10.3 Å². The monoisotopic (exact) mass is 473 g/mol. The quantitative estimate of drug-likeness (QED) is 0.248. The van der Waals surface area contributed by atoms with E-state index in [0.717, 1.165) is 0 Å². The van der Waals surface area contributed by atoms with E-state index in [0.29, 0.717) is 29.1 Å². The number of nitrogens with one attached hydrogen (secondary N) is 3. The SMILES string of the molecule is Cc1ccc(-c2ccc(C(=O)NCC(C)C)cc2C(=O)O)c(C(=O)Nc2ccc(C(=N)N)cc2)n1. The number of amidine groups is 1. The Kier molecular flexibility index (Phi) is 7.60. The van der Waals surface area contributed by atoms with E-state index in [1.165, 1.54) is 18.2 Å². The Labute approximate surface area is 202 Å². The van der Waals surface area contributed by atoms with Crippen LogP contribution in [0.1, 0.15) is 56.3 Å². The Balaban J connectivity index is 1.99. The molecule has 1 aromatic heterocycles. The van der Waals surface area contributed by atoms with Gasteiger partial charge in [-0.3, -0.25) is 15.0 Å². The van der Waals surface area contributed by atoms with Crippen LogP contribution in [0.2, 0.25) is 0 Å². The second kappa shape index (κ2) is 10.6. The van der Waals surface area contributed by atoms with Crippen LogP contribution in [0.5, 0.6) is 0 Å². The molecule has 1 heterocycles. The van der Waals surface area contributed by atoms with Crippen molar-refractivity contribution in [1.29, 1.82) is 5.41 Å². The highest BCUT2D eigenvalue weighted by Crippen LogP contribution is 2.29. The molecule has 2 amide bonds. The molecule has 35 heavy (non-hydrogen) atoms. The first-order valence-electron chi connectivity index (χ1n) is 11.0. The number of nitrogens with two attached hydrogens (primary N) is 1. The number of hydrogen-bond acceptors (Lipinski definition) is 5. The molecule has 9 nitrogen and oxygen atoms in total. The van der Waals surface area contributed by atoms with Gasteiger partial charge >= 0.3 is 5.97 Å². The molecule has 3 rings (SSSR count). The molecule has 0 saturated heterocycles. The van der Waals surface area contributed by atoms with Gasteiger partial charge in [-0.25, -0.2) is 9.78 Å². The summed E-state index contributed by atoms with van der Waals surface area (Å²) in [5.41, 5.74) is 7.74. The number of amides is 2. The third kappa shape index (κ3) is 6.08. The van der Waals surface area contributed by atoms with Gasteiger partial charge in [0.1, 0.15) is 11.5 Å². The number of aromatic nitrogens is 1. The highest BCUT2D eigenvalue weighted by Gasteiger charge is 2.22. The van der Waals surface area contributed by atoms with Crippen LogP contribution in [0.25, 0.3) is 11.1 Å². The Bertz CT molecular complexity index is 1300. The standard InChI is InChI=1S/C26H27N5O4/c1-14(2)13-29-24(32)17-7-11-19(21(12-17)26(34)35)20-10-4-15(3)30-22(20)25(33)31-18-8-5-16(6-9-18)23(27)28/h4-12,14H,13H2,1-3H3,(H3,27,28)(H,29,32)(H,31,33)(H,34,35). The minimum Gasteiger partial charge on any atom is -0.478 e. The normalized spacial score (nSPS) is 10.6. The van der Waals surface area contributed by atoms with Gasteiger partial charge in [0.05, 0.1) is 5.56 Å². The second-order valence-corrected chi connectivity index (χ2v) is 8.46. The lowest BCUT2D eigenvalue weighted by molar-refractivity contribution is 0.0697. The van der Waals surface area contributed by atoms with Gasteiger partial charge in [-0.1, -0.05) is 26.0 Å². The van der Waals surface area contributed by atoms with Crippen LogP contribution in [0.4, 0.5) is 5.69 Å². The lowest BCUT2D eigenvalue weighted by Gasteiger charge is -2.14. The molecule has 0 atom stereocenters. The first-order chi connectivity index (χ1) is 16.6. The molecule has 0 aliphatic carbocycles. The number of carbonyl (C=O) groups is 3. The Morgan fingerprint density at radius 2 is 1.60 bits per heavy atom. The van der Waals surface area contributed by atoms with E-state index in [1.807, 2.05) is 13.8 Å². The lowest BCUT2D eigenvalue weighted by Crippen LogP contribution is -2.27. The van der Waals surface area contributed by atoms with Crippen molar-refractivity contribution >= 4 is 29.3 Å². The van der Waals surface area contributed by atoms with Gasteiger partial charge in [-0.05, 0) is 60.9 Å². The number of carboxylic acids is 1. The third-order valence-electron chi connectivity index (χ3n) is 5.18. The molecule has 3 aromatic rings. The van der Waals surface area contributed by atoms with Gasteiger partial charge in [0.25, 0.3) is 11.8 Å². The maximum Gasteiger partial charge on any atom is 0.336 e. The number of hydrogen-bond donors (Lipinski definition) is 5. The number of carboxylic acid groups (broad SMARTS) is 1. The predicted molar refractivity (Wildman–Crippen MR) is 134 cm³/mol. The summed E-state index contributed by atoms with van der Waals surface area (Å²) in [6.45, 7) is 6.10. The number of rotatable bonds is 8. The molecule has 2 aromatic carbocycles. The number of benzene rings is 2. The average molecular weight is 474 g/mol. The molecule has 0 radical (unpaired) electrons. The fourth-order valence-electron chi connectivity index (χ4n) is 3.37. The third-order valence-corrected chi connectivity index (χ3v) is 5.18. The van der Waals surface area contributed by atoms with Crippen molar-refractivity contribution in [3.63, 3.8) is 0 Å². The number of aryl methyl sites for hydroxylation is 1. The van der Waals surface area contributed by atoms with E-state index >= 15 is 0 Å². The van der Waals surface area contributed by atoms with E-state index in [4.69, 9.17) is 11.1 Å². The minimum absolute atomic E-state index is 0.0418. The van der Waals surface area contributed by atoms with E-state index in [9.17, 15) is 19.5 Å². The molecule has 6 N–H and O–H groups in total. The smallest absolute Gasteiger partial charge is 0.336 e. The number of pyridine rings is 1. The van der Waals surface area contributed by atoms with Gasteiger partial charge in [-0.2, -0.15) is 0 Å². The fraction of sp³-hybridized carbons (Fsp3) is 0.192. The summed E-state index contributed by atoms with van der Waals surface area (Å²) in [6, 6.07) is 14.1. The van der Waals surface area contributed by atoms with Gasteiger partial charge in [0.2, 0.25) is 0 Å². The Hall–Kier alpha value is -4.53. The molecular weight excluding hydrogens is 446 g/mol. The number of carbonyl (C=O) groups excluding carboxylic acids is 2. The van der Waals surface area contributed by atoms with Crippen LogP contribution >= 0.6 is 0 Å². The van der Waals surface area contributed by atoms with E-state index in [2.05, 4.69) is 15.6 Å². The van der Waals surface area contributed by atoms with E-state index < -0.39 is 11.9 Å². The molecule has 0 unspecified atom stereocenters. The average Bonchev–Trinajstić information content (AvgIpc) is 2.82. The van der Waals surface area contributed by atoms with Crippen molar-refractivity contribution in [2.75, 3.05) is 11.9 Å². The van der Waals surface area contributed by atoms with Crippen molar-refractivity contribution in [2.45, 2.75) is 20.8 Å². The molecule has 0 bridgehead atoms. The highest BCUT2D eigenvalue weighted by atomic mass is 16.4. The van der Waals surface area contributed by atoms with Crippen molar-refractivity contribution in [2.24, 2.45) is 11.7 Å². The van der Waals surface area contributed by atoms with Gasteiger partial charge in [-0.15, -0.1) is 0 Å². The van der Waals surface area contributed by atoms with Crippen LogP contribution in [0, 0.1) is 18.3 Å².